The normalized spacial score (nSPS) is 20.8. The van der Waals surface area contributed by atoms with Gasteiger partial charge >= 0.3 is 154 Å². The summed E-state index contributed by atoms with van der Waals surface area (Å²) in [5, 5.41) is 19.3. The van der Waals surface area contributed by atoms with Crippen LogP contribution in [0.5, 0.6) is 11.5 Å². The van der Waals surface area contributed by atoms with Gasteiger partial charge in [-0.15, -0.1) is 0 Å². The standard InChI is InChI=1S/C17H21N3O4Se/c1-18-14(10-12-2-3-13(21)11-15(12)22)16(23)20(17(18)25)5-4-19-6-8-24-9-7-19/h2-3,10-11,21-22H,4-9H2,1H3. The Morgan fingerprint density at radius 3 is 2.64 bits per heavy atom. The van der Waals surface area contributed by atoms with Crippen molar-refractivity contribution in [1.82, 2.24) is 14.7 Å². The first kappa shape index (κ1) is 17.9. The summed E-state index contributed by atoms with van der Waals surface area (Å²) in [4.78, 5) is 18.5. The molecule has 3 rings (SSSR count). The van der Waals surface area contributed by atoms with E-state index in [1.807, 2.05) is 7.05 Å². The number of aromatic hydroxyl groups is 2. The Bertz CT molecular complexity index is 716. The molecule has 0 radical (unpaired) electrons. The number of hydrogen-bond donors (Lipinski definition) is 2. The van der Waals surface area contributed by atoms with E-state index in [-0.39, 0.29) is 17.4 Å². The van der Waals surface area contributed by atoms with Gasteiger partial charge in [-0.25, -0.2) is 0 Å². The monoisotopic (exact) mass is 411 g/mol. The summed E-state index contributed by atoms with van der Waals surface area (Å²) in [7, 11) is 1.81. The Morgan fingerprint density at radius 2 is 1.96 bits per heavy atom. The molecule has 25 heavy (non-hydrogen) atoms. The van der Waals surface area contributed by atoms with Crippen molar-refractivity contribution in [2.45, 2.75) is 0 Å². The van der Waals surface area contributed by atoms with Crippen molar-refractivity contribution in [1.29, 1.82) is 0 Å². The van der Waals surface area contributed by atoms with Crippen molar-refractivity contribution < 1.29 is 19.7 Å². The second-order valence-electron chi connectivity index (χ2n) is 6.03. The maximum atomic E-state index is 12.8. The Balaban J connectivity index is 1.74. The van der Waals surface area contributed by atoms with E-state index >= 15 is 0 Å². The quantitative estimate of drug-likeness (QED) is 0.529. The third-order valence-electron chi connectivity index (χ3n) is 4.39. The van der Waals surface area contributed by atoms with Crippen molar-refractivity contribution in [3.63, 3.8) is 0 Å². The van der Waals surface area contributed by atoms with Gasteiger partial charge in [0.25, 0.3) is 0 Å². The van der Waals surface area contributed by atoms with E-state index in [1.54, 1.807) is 21.9 Å². The average Bonchev–Trinajstić information content (AvgIpc) is 2.80. The van der Waals surface area contributed by atoms with Crippen LogP contribution in [-0.4, -0.2) is 97.5 Å². The number of carbonyl (C=O) groups is 1. The van der Waals surface area contributed by atoms with E-state index in [9.17, 15) is 15.0 Å². The Morgan fingerprint density at radius 1 is 1.24 bits per heavy atom. The van der Waals surface area contributed by atoms with Crippen LogP contribution in [-0.2, 0) is 9.53 Å². The number of hydrogen-bond acceptors (Lipinski definition) is 6. The van der Waals surface area contributed by atoms with Gasteiger partial charge in [-0.1, -0.05) is 0 Å². The van der Waals surface area contributed by atoms with Crippen LogP contribution in [0.4, 0.5) is 0 Å². The van der Waals surface area contributed by atoms with Gasteiger partial charge in [0.1, 0.15) is 0 Å². The molecule has 1 aromatic carbocycles. The number of morpholine rings is 1. The minimum absolute atomic E-state index is 0.0195. The van der Waals surface area contributed by atoms with Crippen molar-refractivity contribution in [2.24, 2.45) is 0 Å². The second-order valence-corrected chi connectivity index (χ2v) is 6.79. The molecule has 2 aliphatic heterocycles. The number of ether oxygens (including phenoxy) is 1. The predicted molar refractivity (Wildman–Crippen MR) is 95.2 cm³/mol. The van der Waals surface area contributed by atoms with E-state index in [1.165, 1.54) is 12.1 Å². The van der Waals surface area contributed by atoms with Gasteiger partial charge < -0.3 is 0 Å². The molecule has 1 amide bonds. The molecule has 0 saturated carbocycles. The molecule has 2 aliphatic rings. The molecule has 1 aromatic rings. The van der Waals surface area contributed by atoms with Gasteiger partial charge in [0.05, 0.1) is 0 Å². The maximum absolute atomic E-state index is 12.8. The third-order valence-corrected chi connectivity index (χ3v) is 5.43. The van der Waals surface area contributed by atoms with E-state index in [0.717, 1.165) is 37.5 Å². The van der Waals surface area contributed by atoms with Crippen LogP contribution in [0.25, 0.3) is 6.08 Å². The van der Waals surface area contributed by atoms with Gasteiger partial charge in [-0.2, -0.15) is 0 Å². The van der Waals surface area contributed by atoms with Gasteiger partial charge in [0, 0.05) is 0 Å². The third kappa shape index (κ3) is 3.87. The Labute approximate surface area is 154 Å². The molecule has 7 nitrogen and oxygen atoms in total. The predicted octanol–water partition coefficient (Wildman–Crippen LogP) is -0.199. The number of amides is 1. The van der Waals surface area contributed by atoms with Crippen molar-refractivity contribution >= 4 is 32.2 Å². The molecule has 2 fully saturated rings. The molecular weight excluding hydrogens is 389 g/mol. The summed E-state index contributed by atoms with van der Waals surface area (Å²) in [5.74, 6) is -0.201. The van der Waals surface area contributed by atoms with Crippen LogP contribution in [0.3, 0.4) is 0 Å². The molecular formula is C17H21N3O4Se. The number of phenolic OH excluding ortho intramolecular Hbond substituents is 2. The molecule has 0 atom stereocenters. The molecule has 0 aromatic heterocycles. The number of benzene rings is 1. The van der Waals surface area contributed by atoms with E-state index in [0.29, 0.717) is 17.8 Å². The fraction of sp³-hybridized carbons (Fsp3) is 0.412. The van der Waals surface area contributed by atoms with Crippen molar-refractivity contribution in [2.75, 3.05) is 46.4 Å². The van der Waals surface area contributed by atoms with Crippen molar-refractivity contribution in [3.05, 3.63) is 29.5 Å². The average molecular weight is 410 g/mol. The molecule has 2 N–H and O–H groups in total. The zero-order valence-electron chi connectivity index (χ0n) is 14.0. The first-order valence-corrected chi connectivity index (χ1v) is 8.96. The first-order chi connectivity index (χ1) is 12.0. The fourth-order valence-corrected chi connectivity index (χ4v) is 3.45. The zero-order chi connectivity index (χ0) is 18.0. The Kier molecular flexibility index (Phi) is 5.44. The fourth-order valence-electron chi connectivity index (χ4n) is 2.88. The summed E-state index contributed by atoms with van der Waals surface area (Å²) in [5.41, 5.74) is 0.951. The SMILES string of the molecule is CN1C(=[Se])N(CCN2CCOCC2)C(=O)C1=Cc1ccc(O)cc1O. The summed E-state index contributed by atoms with van der Waals surface area (Å²) in [6.45, 7) is 4.59. The molecule has 2 heterocycles. The zero-order valence-corrected chi connectivity index (χ0v) is 15.7. The van der Waals surface area contributed by atoms with Crippen LogP contribution in [0.1, 0.15) is 5.56 Å². The number of likely N-dealkylation sites (N-methyl/N-ethyl adjacent to an activating group) is 1. The van der Waals surface area contributed by atoms with E-state index in [4.69, 9.17) is 4.74 Å². The van der Waals surface area contributed by atoms with Crippen molar-refractivity contribution in [3.8, 4) is 11.5 Å². The second kappa shape index (κ2) is 7.58. The number of phenols is 2. The van der Waals surface area contributed by atoms with Crippen LogP contribution in [0.15, 0.2) is 23.9 Å². The van der Waals surface area contributed by atoms with Crippen LogP contribution in [0.2, 0.25) is 0 Å². The summed E-state index contributed by atoms with van der Waals surface area (Å²) in [6.07, 6.45) is 1.63. The van der Waals surface area contributed by atoms with E-state index < -0.39 is 0 Å². The van der Waals surface area contributed by atoms with Gasteiger partial charge in [0.15, 0.2) is 0 Å². The van der Waals surface area contributed by atoms with Crippen LogP contribution >= 0.6 is 0 Å². The first-order valence-electron chi connectivity index (χ1n) is 8.10. The summed E-state index contributed by atoms with van der Waals surface area (Å²) in [6, 6.07) is 4.31. The minimum atomic E-state index is -0.114. The van der Waals surface area contributed by atoms with E-state index in [2.05, 4.69) is 20.5 Å². The van der Waals surface area contributed by atoms with Crippen LogP contribution < -0.4 is 0 Å². The molecule has 0 aliphatic carbocycles. The molecule has 134 valence electrons. The number of nitrogens with zero attached hydrogens (tertiary/aromatic N) is 3. The van der Waals surface area contributed by atoms with Gasteiger partial charge in [0.2, 0.25) is 0 Å². The molecule has 0 bridgehead atoms. The number of carbonyl (C=O) groups excluding carboxylic acids is 1. The molecule has 2 saturated heterocycles. The molecule has 8 heteroatoms. The Hall–Kier alpha value is -1.86. The van der Waals surface area contributed by atoms with Crippen LogP contribution in [0, 0.1) is 0 Å². The van der Waals surface area contributed by atoms with Gasteiger partial charge in [-0.3, -0.25) is 0 Å². The van der Waals surface area contributed by atoms with Gasteiger partial charge in [-0.05, 0) is 0 Å². The number of rotatable bonds is 4. The summed E-state index contributed by atoms with van der Waals surface area (Å²) < 4.78 is 6.08. The molecule has 0 spiro atoms. The molecule has 0 unspecified atom stereocenters. The topological polar surface area (TPSA) is 76.5 Å². The summed E-state index contributed by atoms with van der Waals surface area (Å²) >= 11 is 2.96.